The van der Waals surface area contributed by atoms with Crippen LogP contribution in [0.2, 0.25) is 5.02 Å². The van der Waals surface area contributed by atoms with Gasteiger partial charge in [0.15, 0.2) is 5.13 Å². The highest BCUT2D eigenvalue weighted by Gasteiger charge is 2.29. The smallest absolute Gasteiger partial charge is 0.243 e. The highest BCUT2D eigenvalue weighted by Crippen LogP contribution is 2.26. The van der Waals surface area contributed by atoms with E-state index in [0.29, 0.717) is 31.2 Å². The van der Waals surface area contributed by atoms with Gasteiger partial charge in [0, 0.05) is 43.0 Å². The zero-order chi connectivity index (χ0) is 20.4. The molecule has 0 unspecified atom stereocenters. The number of hydrogen-bond acceptors (Lipinski definition) is 5. The molecule has 2 heterocycles. The molecule has 0 N–H and O–H groups in total. The van der Waals surface area contributed by atoms with E-state index in [4.69, 9.17) is 16.6 Å². The summed E-state index contributed by atoms with van der Waals surface area (Å²) in [5.74, 6) is 0. The molecule has 3 aromatic rings. The summed E-state index contributed by atoms with van der Waals surface area (Å²) in [7, 11) is -3.52. The molecule has 1 aromatic heterocycles. The summed E-state index contributed by atoms with van der Waals surface area (Å²) in [6, 6.07) is 14.9. The third kappa shape index (κ3) is 4.64. The molecule has 0 amide bonds. The van der Waals surface area contributed by atoms with Crippen molar-refractivity contribution in [1.82, 2.24) is 9.29 Å². The summed E-state index contributed by atoms with van der Waals surface area (Å²) in [4.78, 5) is 7.17. The van der Waals surface area contributed by atoms with Crippen LogP contribution in [0, 0.1) is 6.92 Å². The fraction of sp³-hybridized carbons (Fsp3) is 0.286. The summed E-state index contributed by atoms with van der Waals surface area (Å²) in [5.41, 5.74) is 3.53. The Hall–Kier alpha value is -1.93. The van der Waals surface area contributed by atoms with Crippen molar-refractivity contribution in [2.24, 2.45) is 0 Å². The van der Waals surface area contributed by atoms with E-state index in [0.717, 1.165) is 17.2 Å². The molecule has 0 aliphatic carbocycles. The molecule has 29 heavy (non-hydrogen) atoms. The molecule has 0 bridgehead atoms. The fourth-order valence-corrected chi connectivity index (χ4v) is 5.94. The van der Waals surface area contributed by atoms with Gasteiger partial charge in [-0.15, -0.1) is 11.3 Å². The number of aromatic nitrogens is 1. The van der Waals surface area contributed by atoms with Crippen LogP contribution in [0.4, 0.5) is 5.13 Å². The van der Waals surface area contributed by atoms with Gasteiger partial charge in [0.1, 0.15) is 0 Å². The Morgan fingerprint density at radius 1 is 1.07 bits per heavy atom. The second-order valence-corrected chi connectivity index (χ2v) is 10.3. The quantitative estimate of drug-likeness (QED) is 0.588. The Morgan fingerprint density at radius 2 is 1.79 bits per heavy atom. The molecule has 0 radical (unpaired) electrons. The number of anilines is 1. The molecule has 152 valence electrons. The number of thiazole rings is 1. The van der Waals surface area contributed by atoms with Gasteiger partial charge in [-0.3, -0.25) is 0 Å². The van der Waals surface area contributed by atoms with Crippen LogP contribution in [-0.2, 0) is 16.4 Å². The molecular weight excluding hydrogens is 426 g/mol. The Kier molecular flexibility index (Phi) is 5.92. The van der Waals surface area contributed by atoms with Crippen LogP contribution in [0.25, 0.3) is 0 Å². The molecule has 2 aromatic carbocycles. The van der Waals surface area contributed by atoms with Crippen LogP contribution in [0.3, 0.4) is 0 Å². The van der Waals surface area contributed by atoms with Crippen molar-refractivity contribution in [2.45, 2.75) is 18.2 Å². The molecule has 0 atom stereocenters. The predicted octanol–water partition coefficient (Wildman–Crippen LogP) is 4.21. The van der Waals surface area contributed by atoms with E-state index < -0.39 is 10.0 Å². The predicted molar refractivity (Wildman–Crippen MR) is 119 cm³/mol. The number of piperazine rings is 1. The first kappa shape index (κ1) is 20.3. The first-order chi connectivity index (χ1) is 13.9. The number of nitrogens with zero attached hydrogens (tertiary/aromatic N) is 3. The van der Waals surface area contributed by atoms with Crippen LogP contribution in [-0.4, -0.2) is 43.9 Å². The summed E-state index contributed by atoms with van der Waals surface area (Å²) < 4.78 is 27.2. The van der Waals surface area contributed by atoms with Crippen molar-refractivity contribution >= 4 is 38.1 Å². The van der Waals surface area contributed by atoms with Crippen molar-refractivity contribution in [3.05, 3.63) is 75.8 Å². The van der Waals surface area contributed by atoms with Crippen LogP contribution >= 0.6 is 22.9 Å². The van der Waals surface area contributed by atoms with Crippen LogP contribution in [0.5, 0.6) is 0 Å². The SMILES string of the molecule is Cc1ccc(Cc2csc(N3CCN(S(=O)(=O)c4cccc(Cl)c4)CC3)n2)cc1. The molecule has 0 spiro atoms. The van der Waals surface area contributed by atoms with Crippen LogP contribution in [0.1, 0.15) is 16.8 Å². The van der Waals surface area contributed by atoms with Gasteiger partial charge in [-0.2, -0.15) is 4.31 Å². The lowest BCUT2D eigenvalue weighted by Gasteiger charge is -2.33. The molecule has 4 rings (SSSR count). The molecule has 1 aliphatic rings. The second-order valence-electron chi connectivity index (χ2n) is 7.13. The maximum Gasteiger partial charge on any atom is 0.243 e. The van der Waals surface area contributed by atoms with Gasteiger partial charge >= 0.3 is 0 Å². The Labute approximate surface area is 180 Å². The number of benzene rings is 2. The molecular formula is C21H22ClN3O2S2. The van der Waals surface area contributed by atoms with E-state index >= 15 is 0 Å². The molecule has 8 heteroatoms. The fourth-order valence-electron chi connectivity index (χ4n) is 3.33. The Morgan fingerprint density at radius 3 is 2.48 bits per heavy atom. The minimum absolute atomic E-state index is 0.244. The lowest BCUT2D eigenvalue weighted by atomic mass is 10.1. The molecule has 1 aliphatic heterocycles. The molecule has 1 fully saturated rings. The van der Waals surface area contributed by atoms with Gasteiger partial charge in [0.05, 0.1) is 10.6 Å². The van der Waals surface area contributed by atoms with Crippen molar-refractivity contribution in [3.63, 3.8) is 0 Å². The minimum Gasteiger partial charge on any atom is -0.345 e. The lowest BCUT2D eigenvalue weighted by Crippen LogP contribution is -2.48. The molecule has 1 saturated heterocycles. The summed E-state index contributed by atoms with van der Waals surface area (Å²) >= 11 is 7.58. The van der Waals surface area contributed by atoms with E-state index in [1.165, 1.54) is 21.5 Å². The zero-order valence-corrected chi connectivity index (χ0v) is 18.5. The first-order valence-electron chi connectivity index (χ1n) is 9.42. The van der Waals surface area contributed by atoms with Crippen molar-refractivity contribution in [1.29, 1.82) is 0 Å². The van der Waals surface area contributed by atoms with Gasteiger partial charge in [0.25, 0.3) is 0 Å². The average molecular weight is 448 g/mol. The van der Waals surface area contributed by atoms with Gasteiger partial charge < -0.3 is 4.90 Å². The maximum atomic E-state index is 12.8. The number of rotatable bonds is 5. The molecule has 0 saturated carbocycles. The van der Waals surface area contributed by atoms with Gasteiger partial charge in [-0.25, -0.2) is 13.4 Å². The third-order valence-corrected chi connectivity index (χ3v) is 8.07. The monoisotopic (exact) mass is 447 g/mol. The summed E-state index contributed by atoms with van der Waals surface area (Å²) in [5, 5.41) is 3.46. The zero-order valence-electron chi connectivity index (χ0n) is 16.1. The minimum atomic E-state index is -3.52. The van der Waals surface area contributed by atoms with Crippen LogP contribution < -0.4 is 4.90 Å². The largest absolute Gasteiger partial charge is 0.345 e. The van der Waals surface area contributed by atoms with E-state index in [-0.39, 0.29) is 4.90 Å². The van der Waals surface area contributed by atoms with Gasteiger partial charge in [-0.1, -0.05) is 47.5 Å². The van der Waals surface area contributed by atoms with Crippen molar-refractivity contribution in [3.8, 4) is 0 Å². The van der Waals surface area contributed by atoms with Crippen LogP contribution in [0.15, 0.2) is 58.8 Å². The number of sulfonamides is 1. The number of hydrogen-bond donors (Lipinski definition) is 0. The van der Waals surface area contributed by atoms with Gasteiger partial charge in [-0.05, 0) is 30.7 Å². The lowest BCUT2D eigenvalue weighted by molar-refractivity contribution is 0.384. The van der Waals surface area contributed by atoms with Gasteiger partial charge in [0.2, 0.25) is 10.0 Å². The summed E-state index contributed by atoms with van der Waals surface area (Å²) in [6.07, 6.45) is 0.805. The number of aryl methyl sites for hydroxylation is 1. The third-order valence-electron chi connectivity index (χ3n) is 4.99. The Balaban J connectivity index is 1.40. The topological polar surface area (TPSA) is 53.5 Å². The summed E-state index contributed by atoms with van der Waals surface area (Å²) in [6.45, 7) is 4.19. The van der Waals surface area contributed by atoms with E-state index in [1.807, 2.05) is 0 Å². The van der Waals surface area contributed by atoms with E-state index in [2.05, 4.69) is 41.5 Å². The highest BCUT2D eigenvalue weighted by atomic mass is 35.5. The standard InChI is InChI=1S/C21H22ClN3O2S2/c1-16-5-7-17(8-6-16)13-19-15-28-21(23-19)24-9-11-25(12-10-24)29(26,27)20-4-2-3-18(22)14-20/h2-8,14-15H,9-13H2,1H3. The maximum absolute atomic E-state index is 12.8. The highest BCUT2D eigenvalue weighted by molar-refractivity contribution is 7.89. The normalized spacial score (nSPS) is 15.6. The van der Waals surface area contributed by atoms with Crippen molar-refractivity contribution < 1.29 is 8.42 Å². The second kappa shape index (κ2) is 8.44. The number of halogens is 1. The first-order valence-corrected chi connectivity index (χ1v) is 12.1. The van der Waals surface area contributed by atoms with E-state index in [9.17, 15) is 8.42 Å². The van der Waals surface area contributed by atoms with Crippen molar-refractivity contribution in [2.75, 3.05) is 31.1 Å². The molecule has 5 nitrogen and oxygen atoms in total. The average Bonchev–Trinajstić information content (AvgIpc) is 3.18. The Bertz CT molecular complexity index is 1090. The van der Waals surface area contributed by atoms with E-state index in [1.54, 1.807) is 29.5 Å².